The van der Waals surface area contributed by atoms with Crippen molar-refractivity contribution >= 4 is 5.97 Å². The molecular weight excluding hydrogens is 272 g/mol. The van der Waals surface area contributed by atoms with Crippen molar-refractivity contribution in [2.24, 2.45) is 5.73 Å². The number of nitrogens with one attached hydrogen (secondary N) is 1. The van der Waals surface area contributed by atoms with Gasteiger partial charge in [-0.2, -0.15) is 0 Å². The number of carbonyl (C=O) groups is 1. The van der Waals surface area contributed by atoms with Gasteiger partial charge in [0.15, 0.2) is 0 Å². The van der Waals surface area contributed by atoms with Gasteiger partial charge in [-0.1, -0.05) is 0 Å². The summed E-state index contributed by atoms with van der Waals surface area (Å²) in [5.41, 5.74) is 5.27. The predicted molar refractivity (Wildman–Crippen MR) is 37.5 cm³/mol. The van der Waals surface area contributed by atoms with E-state index in [1.165, 1.54) is 0 Å². The first-order valence-corrected chi connectivity index (χ1v) is 5.14. The van der Waals surface area contributed by atoms with E-state index in [1.54, 1.807) is 0 Å². The second-order valence-corrected chi connectivity index (χ2v) is 3.23. The van der Waals surface area contributed by atoms with Gasteiger partial charge in [0.05, 0.1) is 0 Å². The molecule has 11 heavy (non-hydrogen) atoms. The first-order valence-electron chi connectivity index (χ1n) is 3.57. The summed E-state index contributed by atoms with van der Waals surface area (Å²) in [6.45, 7) is 0.646. The number of carboxylic acid groups (broad SMARTS) is 1. The van der Waals surface area contributed by atoms with Crippen molar-refractivity contribution in [2.45, 2.75) is 25.3 Å². The Labute approximate surface area is 93.9 Å². The van der Waals surface area contributed by atoms with Crippen molar-refractivity contribution in [3.63, 3.8) is 0 Å². The molecule has 0 amide bonds. The maximum absolute atomic E-state index is 10.5. The summed E-state index contributed by atoms with van der Waals surface area (Å²) in [6, 6.07) is -0.354. The number of rotatable bonds is 6. The summed E-state index contributed by atoms with van der Waals surface area (Å²) in [6.07, 6.45) is 2.49. The van der Waals surface area contributed by atoms with Gasteiger partial charge >= 0.3 is 94.8 Å². The Morgan fingerprint density at radius 3 is 2.64 bits per heavy atom. The van der Waals surface area contributed by atoms with Gasteiger partial charge in [0.1, 0.15) is 0 Å². The maximum atomic E-state index is 10.5. The normalized spacial score (nSPS) is 12.7. The van der Waals surface area contributed by atoms with Crippen LogP contribution in [0.25, 0.3) is 0 Å². The second kappa shape index (κ2) is 7.42. The average molecular weight is 285 g/mol. The minimum atomic E-state index is -0.753. The van der Waals surface area contributed by atoms with E-state index < -0.39 is 5.97 Å². The topological polar surface area (TPSA) is 75.3 Å². The van der Waals surface area contributed by atoms with Crippen LogP contribution in [0.3, 0.4) is 0 Å². The first kappa shape index (κ1) is 11.8. The first-order chi connectivity index (χ1) is 5.22. The molecule has 0 aromatic heterocycles. The Bertz CT molecular complexity index is 121. The van der Waals surface area contributed by atoms with Crippen molar-refractivity contribution in [3.05, 3.63) is 0 Å². The summed E-state index contributed by atoms with van der Waals surface area (Å²) >= 11 is 0.726. The van der Waals surface area contributed by atoms with Crippen LogP contribution in [0, 0.1) is 40.0 Å². The van der Waals surface area contributed by atoms with Crippen molar-refractivity contribution in [3.8, 4) is 0 Å². The third-order valence-corrected chi connectivity index (χ3v) is 2.51. The standard InChI is InChI=1S/C6H13N2O2.Ce/c7-4-2-1-3-5(8)6(9)10;/h5,8H,1-4,7H2,(H,9,10);/q-1;+1/t5-;/m0./s1. The molecule has 5 heteroatoms. The van der Waals surface area contributed by atoms with Crippen LogP contribution < -0.4 is 7.01 Å². The zero-order chi connectivity index (χ0) is 8.69. The van der Waals surface area contributed by atoms with Crippen LogP contribution in [0.2, 0.25) is 0 Å². The van der Waals surface area contributed by atoms with E-state index in [9.17, 15) is 4.79 Å². The summed E-state index contributed by atoms with van der Waals surface area (Å²) in [5, 5.41) is 8.60. The Hall–Kier alpha value is 0.767. The molecule has 4 N–H and O–H groups in total. The van der Waals surface area contributed by atoms with Gasteiger partial charge in [-0.25, -0.2) is 0 Å². The Morgan fingerprint density at radius 1 is 1.64 bits per heavy atom. The quantitative estimate of drug-likeness (QED) is 0.582. The molecular formula is C6H13CeN2O2. The molecule has 0 aromatic rings. The zero-order valence-electron chi connectivity index (χ0n) is 6.34. The fourth-order valence-corrected chi connectivity index (χ4v) is 1.59. The van der Waals surface area contributed by atoms with Crippen LogP contribution in [0.1, 0.15) is 19.3 Å². The minimum absolute atomic E-state index is 0.354. The van der Waals surface area contributed by atoms with E-state index in [2.05, 4.69) is 1.28 Å². The van der Waals surface area contributed by atoms with Crippen LogP contribution in [-0.2, 0) is 4.79 Å². The number of carboxylic acids is 1. The zero-order valence-corrected chi connectivity index (χ0v) is 9.48. The molecule has 0 aliphatic carbocycles. The SMILES string of the molecule is NCCCC[C@H]([NH][Ce])C(=O)O. The molecule has 0 heterocycles. The molecule has 0 fully saturated rings. The predicted octanol–water partition coefficient (Wildman–Crippen LogP) is -0.377. The Balaban J connectivity index is 3.44. The Kier molecular flexibility index (Phi) is 7.93. The Morgan fingerprint density at radius 2 is 2.27 bits per heavy atom. The number of hydrogen-bond donors (Lipinski definition) is 3. The van der Waals surface area contributed by atoms with Crippen molar-refractivity contribution in [2.75, 3.05) is 6.54 Å². The van der Waals surface area contributed by atoms with E-state index in [1.807, 2.05) is 0 Å². The fourth-order valence-electron chi connectivity index (χ4n) is 0.750. The van der Waals surface area contributed by atoms with Gasteiger partial charge in [-0.05, 0) is 0 Å². The monoisotopic (exact) mass is 285 g/mol. The van der Waals surface area contributed by atoms with Crippen LogP contribution in [0.15, 0.2) is 0 Å². The van der Waals surface area contributed by atoms with Gasteiger partial charge in [-0.3, -0.25) is 0 Å². The molecule has 0 saturated heterocycles. The van der Waals surface area contributed by atoms with Gasteiger partial charge < -0.3 is 0 Å². The number of aliphatic carboxylic acids is 1. The van der Waals surface area contributed by atoms with Gasteiger partial charge in [0.2, 0.25) is 0 Å². The number of nitrogens with two attached hydrogens (primary N) is 1. The summed E-state index contributed by atoms with van der Waals surface area (Å²) in [5.74, 6) is -0.753. The van der Waals surface area contributed by atoms with Gasteiger partial charge in [0.25, 0.3) is 0 Å². The summed E-state index contributed by atoms with van der Waals surface area (Å²) in [4.78, 5) is 10.5. The average Bonchev–Trinajstić information content (AvgIpc) is 1.97. The van der Waals surface area contributed by atoms with Gasteiger partial charge in [-0.15, -0.1) is 0 Å². The van der Waals surface area contributed by atoms with E-state index in [0.29, 0.717) is 13.0 Å². The third kappa shape index (κ3) is 5.98. The second-order valence-electron chi connectivity index (χ2n) is 2.32. The number of unbranched alkanes of at least 4 members (excludes halogenated alkanes) is 1. The molecule has 0 aromatic carbocycles. The van der Waals surface area contributed by atoms with Crippen LogP contribution in [0.5, 0.6) is 0 Å². The van der Waals surface area contributed by atoms with E-state index in [0.717, 1.165) is 52.9 Å². The molecule has 0 bridgehead atoms. The number of hydrogen-bond acceptors (Lipinski definition) is 3. The van der Waals surface area contributed by atoms with Crippen molar-refractivity contribution in [1.29, 1.82) is 0 Å². The molecule has 0 spiro atoms. The van der Waals surface area contributed by atoms with E-state index in [-0.39, 0.29) is 6.04 Å². The van der Waals surface area contributed by atoms with Crippen LogP contribution in [-0.4, -0.2) is 23.7 Å². The fraction of sp³-hybridized carbons (Fsp3) is 0.833. The third-order valence-electron chi connectivity index (χ3n) is 1.42. The molecule has 0 aliphatic heterocycles. The molecule has 0 aliphatic rings. The molecule has 0 radical (unpaired) electrons. The molecule has 0 unspecified atom stereocenters. The molecule has 0 rings (SSSR count). The molecule has 63 valence electrons. The van der Waals surface area contributed by atoms with Gasteiger partial charge in [0, 0.05) is 0 Å². The van der Waals surface area contributed by atoms with E-state index >= 15 is 0 Å². The van der Waals surface area contributed by atoms with Crippen LogP contribution in [0.4, 0.5) is 0 Å². The molecule has 4 nitrogen and oxygen atoms in total. The van der Waals surface area contributed by atoms with Crippen molar-refractivity contribution < 1.29 is 49.9 Å². The van der Waals surface area contributed by atoms with E-state index in [4.69, 9.17) is 10.8 Å². The summed E-state index contributed by atoms with van der Waals surface area (Å²) < 4.78 is 2.86. The van der Waals surface area contributed by atoms with Crippen molar-refractivity contribution in [1.82, 2.24) is 1.28 Å². The molecule has 1 atom stereocenters. The molecule has 0 saturated carbocycles. The summed E-state index contributed by atoms with van der Waals surface area (Å²) in [7, 11) is 0. The van der Waals surface area contributed by atoms with Crippen LogP contribution >= 0.6 is 0 Å².